The lowest BCUT2D eigenvalue weighted by Gasteiger charge is -2.26. The van der Waals surface area contributed by atoms with Crippen molar-refractivity contribution < 1.29 is 19.1 Å². The lowest BCUT2D eigenvalue weighted by Crippen LogP contribution is -2.35. The maximum atomic E-state index is 12.5. The van der Waals surface area contributed by atoms with Crippen LogP contribution in [-0.2, 0) is 33.7 Å². The third kappa shape index (κ3) is 5.07. The molecule has 1 fully saturated rings. The van der Waals surface area contributed by atoms with Crippen molar-refractivity contribution >= 4 is 17.6 Å². The summed E-state index contributed by atoms with van der Waals surface area (Å²) in [7, 11) is 0. The molecule has 2 aromatic rings. The number of morpholine rings is 1. The van der Waals surface area contributed by atoms with Crippen LogP contribution in [-0.4, -0.2) is 49.2 Å². The van der Waals surface area contributed by atoms with Gasteiger partial charge < -0.3 is 14.8 Å². The Kier molecular flexibility index (Phi) is 6.45. The number of anilines is 1. The van der Waals surface area contributed by atoms with Gasteiger partial charge in [0.15, 0.2) is 6.10 Å². The van der Waals surface area contributed by atoms with Gasteiger partial charge in [0, 0.05) is 25.3 Å². The molecule has 1 heterocycles. The van der Waals surface area contributed by atoms with Crippen molar-refractivity contribution in [2.24, 2.45) is 0 Å². The van der Waals surface area contributed by atoms with Crippen molar-refractivity contribution in [1.29, 1.82) is 0 Å². The average molecular weight is 408 g/mol. The number of carbonyl (C=O) groups excluding carboxylic acids is 2. The number of aryl methyl sites for hydroxylation is 2. The van der Waals surface area contributed by atoms with Gasteiger partial charge in [0.1, 0.15) is 0 Å². The summed E-state index contributed by atoms with van der Waals surface area (Å²) < 4.78 is 10.7. The van der Waals surface area contributed by atoms with E-state index in [4.69, 9.17) is 9.47 Å². The molecule has 1 saturated heterocycles. The van der Waals surface area contributed by atoms with Gasteiger partial charge >= 0.3 is 5.97 Å². The van der Waals surface area contributed by atoms with Crippen LogP contribution in [0.2, 0.25) is 0 Å². The number of rotatable bonds is 6. The number of carbonyl (C=O) groups is 2. The van der Waals surface area contributed by atoms with E-state index in [2.05, 4.69) is 16.3 Å². The zero-order valence-corrected chi connectivity index (χ0v) is 17.4. The highest BCUT2D eigenvalue weighted by Gasteiger charge is 2.20. The Labute approximate surface area is 177 Å². The Morgan fingerprint density at radius 3 is 2.57 bits per heavy atom. The average Bonchev–Trinajstić information content (AvgIpc) is 3.23. The van der Waals surface area contributed by atoms with Gasteiger partial charge in [0.2, 0.25) is 0 Å². The second-order valence-corrected chi connectivity index (χ2v) is 7.96. The number of nitrogens with one attached hydrogen (secondary N) is 1. The predicted molar refractivity (Wildman–Crippen MR) is 115 cm³/mol. The van der Waals surface area contributed by atoms with Gasteiger partial charge in [-0.1, -0.05) is 18.2 Å². The number of nitrogens with zero attached hydrogens (tertiary/aromatic N) is 1. The first-order chi connectivity index (χ1) is 14.6. The summed E-state index contributed by atoms with van der Waals surface area (Å²) in [4.78, 5) is 27.2. The first kappa shape index (κ1) is 20.6. The van der Waals surface area contributed by atoms with E-state index in [-0.39, 0.29) is 5.91 Å². The molecule has 0 saturated carbocycles. The molecule has 0 spiro atoms. The molecular weight excluding hydrogens is 380 g/mol. The first-order valence-electron chi connectivity index (χ1n) is 10.6. The molecule has 6 heteroatoms. The van der Waals surface area contributed by atoms with Crippen LogP contribution in [0.3, 0.4) is 0 Å². The van der Waals surface area contributed by atoms with E-state index in [9.17, 15) is 9.59 Å². The summed E-state index contributed by atoms with van der Waals surface area (Å²) in [5.41, 5.74) is 4.96. The monoisotopic (exact) mass is 408 g/mol. The van der Waals surface area contributed by atoms with Crippen molar-refractivity contribution in [1.82, 2.24) is 4.90 Å². The van der Waals surface area contributed by atoms with Gasteiger partial charge in [0.25, 0.3) is 5.91 Å². The lowest BCUT2D eigenvalue weighted by molar-refractivity contribution is -0.123. The molecule has 1 aliphatic carbocycles. The number of ether oxygens (including phenoxy) is 2. The predicted octanol–water partition coefficient (Wildman–Crippen LogP) is 3.19. The number of benzene rings is 2. The van der Waals surface area contributed by atoms with Gasteiger partial charge in [0.05, 0.1) is 18.8 Å². The second-order valence-electron chi connectivity index (χ2n) is 7.96. The third-order valence-electron chi connectivity index (χ3n) is 5.72. The number of hydrogen-bond acceptors (Lipinski definition) is 5. The van der Waals surface area contributed by atoms with Crippen molar-refractivity contribution in [2.75, 3.05) is 31.6 Å². The van der Waals surface area contributed by atoms with Crippen LogP contribution in [0.25, 0.3) is 0 Å². The molecule has 1 atom stereocenters. The minimum Gasteiger partial charge on any atom is -0.449 e. The van der Waals surface area contributed by atoms with E-state index in [1.807, 2.05) is 24.3 Å². The van der Waals surface area contributed by atoms with Gasteiger partial charge in [-0.25, -0.2) is 4.79 Å². The number of hydrogen-bond donors (Lipinski definition) is 1. The molecule has 0 radical (unpaired) electrons. The molecule has 4 rings (SSSR count). The van der Waals surface area contributed by atoms with E-state index in [0.29, 0.717) is 5.56 Å². The molecule has 6 nitrogen and oxygen atoms in total. The van der Waals surface area contributed by atoms with E-state index in [1.165, 1.54) is 11.1 Å². The van der Waals surface area contributed by atoms with Crippen LogP contribution in [0.5, 0.6) is 0 Å². The van der Waals surface area contributed by atoms with E-state index in [0.717, 1.165) is 63.4 Å². The quantitative estimate of drug-likeness (QED) is 0.744. The summed E-state index contributed by atoms with van der Waals surface area (Å²) in [6, 6.07) is 13.4. The molecule has 2 aromatic carbocycles. The number of fused-ring (bicyclic) bond motifs is 1. The number of esters is 1. The van der Waals surface area contributed by atoms with Crippen LogP contribution in [0, 0.1) is 0 Å². The van der Waals surface area contributed by atoms with Crippen LogP contribution in [0.1, 0.15) is 40.4 Å². The van der Waals surface area contributed by atoms with Gasteiger partial charge in [-0.15, -0.1) is 0 Å². The van der Waals surface area contributed by atoms with Crippen LogP contribution >= 0.6 is 0 Å². The maximum Gasteiger partial charge on any atom is 0.338 e. The molecule has 0 bridgehead atoms. The fraction of sp³-hybridized carbons (Fsp3) is 0.417. The summed E-state index contributed by atoms with van der Waals surface area (Å²) in [5, 5.41) is 2.85. The molecule has 30 heavy (non-hydrogen) atoms. The van der Waals surface area contributed by atoms with Gasteiger partial charge in [-0.3, -0.25) is 9.69 Å². The fourth-order valence-corrected chi connectivity index (χ4v) is 3.94. The molecule has 2 aliphatic rings. The van der Waals surface area contributed by atoms with Gasteiger partial charge in [-0.05, 0) is 67.1 Å². The highest BCUT2D eigenvalue weighted by atomic mass is 16.5. The minimum absolute atomic E-state index is 0.328. The summed E-state index contributed by atoms with van der Waals surface area (Å²) in [5.74, 6) is -0.824. The zero-order chi connectivity index (χ0) is 20.9. The molecular formula is C24H28N2O4. The Morgan fingerprint density at radius 2 is 1.80 bits per heavy atom. The summed E-state index contributed by atoms with van der Waals surface area (Å²) in [6.07, 6.45) is 2.43. The van der Waals surface area contributed by atoms with Crippen molar-refractivity contribution in [3.63, 3.8) is 0 Å². The largest absolute Gasteiger partial charge is 0.449 e. The van der Waals surface area contributed by atoms with Crippen molar-refractivity contribution in [2.45, 2.75) is 38.8 Å². The molecule has 1 aliphatic heterocycles. The SMILES string of the molecule is C[C@H](OC(=O)c1ccc(CN2CCOCC2)cc1)C(=O)Nc1ccc2c(c1)CCC2. The topological polar surface area (TPSA) is 67.9 Å². The van der Waals surface area contributed by atoms with E-state index < -0.39 is 12.1 Å². The Balaban J connectivity index is 1.29. The highest BCUT2D eigenvalue weighted by Crippen LogP contribution is 2.25. The second kappa shape index (κ2) is 9.41. The lowest BCUT2D eigenvalue weighted by atomic mass is 10.1. The Bertz CT molecular complexity index is 904. The fourth-order valence-electron chi connectivity index (χ4n) is 3.94. The first-order valence-corrected chi connectivity index (χ1v) is 10.6. The van der Waals surface area contributed by atoms with Crippen LogP contribution < -0.4 is 5.32 Å². The smallest absolute Gasteiger partial charge is 0.338 e. The normalized spacial score (nSPS) is 17.2. The molecule has 0 aromatic heterocycles. The maximum absolute atomic E-state index is 12.5. The minimum atomic E-state index is -0.876. The zero-order valence-electron chi connectivity index (χ0n) is 17.4. The Morgan fingerprint density at radius 1 is 1.07 bits per heavy atom. The number of amides is 1. The molecule has 158 valence electrons. The van der Waals surface area contributed by atoms with Crippen LogP contribution in [0.15, 0.2) is 42.5 Å². The summed E-state index contributed by atoms with van der Waals surface area (Å²) in [6.45, 7) is 5.78. The van der Waals surface area contributed by atoms with E-state index >= 15 is 0 Å². The van der Waals surface area contributed by atoms with Crippen molar-refractivity contribution in [3.8, 4) is 0 Å². The van der Waals surface area contributed by atoms with Crippen LogP contribution in [0.4, 0.5) is 5.69 Å². The molecule has 1 N–H and O–H groups in total. The Hall–Kier alpha value is -2.70. The van der Waals surface area contributed by atoms with Gasteiger partial charge in [-0.2, -0.15) is 0 Å². The standard InChI is InChI=1S/C24H28N2O4/c1-17(23(27)25-22-10-9-19-3-2-4-21(19)15-22)30-24(28)20-7-5-18(6-8-20)16-26-11-13-29-14-12-26/h5-10,15,17H,2-4,11-14,16H2,1H3,(H,25,27)/t17-/m0/s1. The summed E-state index contributed by atoms with van der Waals surface area (Å²) >= 11 is 0. The molecule has 1 amide bonds. The third-order valence-corrected chi connectivity index (χ3v) is 5.72. The molecule has 0 unspecified atom stereocenters. The van der Waals surface area contributed by atoms with Crippen molar-refractivity contribution in [3.05, 3.63) is 64.7 Å². The highest BCUT2D eigenvalue weighted by molar-refractivity contribution is 5.97. The van der Waals surface area contributed by atoms with E-state index in [1.54, 1.807) is 19.1 Å².